The van der Waals surface area contributed by atoms with Crippen molar-refractivity contribution in [2.24, 2.45) is 17.3 Å². The van der Waals surface area contributed by atoms with Crippen molar-refractivity contribution in [2.75, 3.05) is 0 Å². The number of hydrogen-bond donors (Lipinski definition) is 2. The number of Topliss-reactive ketones (excluding diaryl/α,β-unsaturated/α-hetero) is 1. The highest BCUT2D eigenvalue weighted by Crippen LogP contribution is 2.35. The number of aliphatic hydroxyl groups excluding tert-OH is 2. The number of allylic oxidation sites excluding steroid dienone is 3. The minimum Gasteiger partial charge on any atom is -0.455 e. The van der Waals surface area contributed by atoms with Gasteiger partial charge in [-0.15, -0.1) is 0 Å². The summed E-state index contributed by atoms with van der Waals surface area (Å²) in [5, 5.41) is 23.4. The number of aromatic nitrogens is 1. The Bertz CT molecular complexity index is 1210. The number of aliphatic hydroxyl groups is 2. The molecular formula is C33H45NO5. The summed E-state index contributed by atoms with van der Waals surface area (Å²) in [7, 11) is 0. The summed E-state index contributed by atoms with van der Waals surface area (Å²) in [6.45, 7) is 11.3. The van der Waals surface area contributed by atoms with Crippen molar-refractivity contribution in [2.45, 2.75) is 98.4 Å². The Morgan fingerprint density at radius 3 is 2.56 bits per heavy atom. The lowest BCUT2D eigenvalue weighted by Crippen LogP contribution is -2.46. The standard InChI is InChI=1S/C33H45NO5/c1-21(2)14-17-25-31(37)23(4)11-9-10-22(3)15-19-28(27-18-16-24-12-7-8-13-26(24)34-27)39-30(36)20-29(35)33(5,6)32(25)38/h7-8,12-16,18,23,25,28-29,31,35,37H,9-11,17,19-20H2,1-6H3/b22-15+. The number of benzene rings is 1. The van der Waals surface area contributed by atoms with Gasteiger partial charge in [0.2, 0.25) is 0 Å². The van der Waals surface area contributed by atoms with Gasteiger partial charge < -0.3 is 14.9 Å². The highest BCUT2D eigenvalue weighted by Gasteiger charge is 2.43. The van der Waals surface area contributed by atoms with Crippen LogP contribution in [0.3, 0.4) is 0 Å². The van der Waals surface area contributed by atoms with Gasteiger partial charge in [0.1, 0.15) is 11.9 Å². The molecule has 0 fully saturated rings. The fraction of sp³-hybridized carbons (Fsp3) is 0.545. The number of esters is 1. The molecule has 2 heterocycles. The molecule has 1 aromatic carbocycles. The maximum absolute atomic E-state index is 13.8. The summed E-state index contributed by atoms with van der Waals surface area (Å²) in [4.78, 5) is 31.7. The van der Waals surface area contributed by atoms with Crippen molar-refractivity contribution < 1.29 is 24.5 Å². The lowest BCUT2D eigenvalue weighted by atomic mass is 9.71. The first-order chi connectivity index (χ1) is 18.4. The van der Waals surface area contributed by atoms with E-state index in [1.807, 2.05) is 63.2 Å². The van der Waals surface area contributed by atoms with Crippen LogP contribution in [0.2, 0.25) is 0 Å². The molecule has 0 radical (unpaired) electrons. The second-order valence-electron chi connectivity index (χ2n) is 12.0. The van der Waals surface area contributed by atoms with E-state index in [9.17, 15) is 19.8 Å². The van der Waals surface area contributed by atoms with E-state index in [0.29, 0.717) is 18.5 Å². The van der Waals surface area contributed by atoms with E-state index in [4.69, 9.17) is 9.72 Å². The number of carbonyl (C=O) groups is 2. The van der Waals surface area contributed by atoms with Gasteiger partial charge in [0.05, 0.1) is 35.3 Å². The van der Waals surface area contributed by atoms with Crippen LogP contribution >= 0.6 is 0 Å². The molecule has 1 aromatic heterocycles. The number of carbonyl (C=O) groups excluding carboxylic acids is 2. The highest BCUT2D eigenvalue weighted by molar-refractivity contribution is 5.88. The second-order valence-corrected chi connectivity index (χ2v) is 12.0. The number of para-hydroxylation sites is 1. The molecule has 6 heteroatoms. The predicted molar refractivity (Wildman–Crippen MR) is 155 cm³/mol. The SMILES string of the molecule is CC(C)=CCC1C(=O)C(C)(C)C(O)CC(=O)OC(c2ccc3ccccc3n2)C/C=C(\C)CCCC(C)C1O. The topological polar surface area (TPSA) is 96.7 Å². The normalized spacial score (nSPS) is 28.8. The first-order valence-electron chi connectivity index (χ1n) is 14.1. The minimum atomic E-state index is -1.26. The van der Waals surface area contributed by atoms with Gasteiger partial charge in [-0.05, 0) is 64.5 Å². The molecule has 1 aliphatic rings. The smallest absolute Gasteiger partial charge is 0.309 e. The predicted octanol–water partition coefficient (Wildman–Crippen LogP) is 6.66. The molecule has 1 aliphatic heterocycles. The first kappa shape index (κ1) is 30.7. The summed E-state index contributed by atoms with van der Waals surface area (Å²) in [6, 6.07) is 11.6. The Labute approximate surface area is 233 Å². The number of cyclic esters (lactones) is 1. The molecule has 39 heavy (non-hydrogen) atoms. The monoisotopic (exact) mass is 535 g/mol. The number of fused-ring (bicyclic) bond motifs is 1. The maximum Gasteiger partial charge on any atom is 0.309 e. The Morgan fingerprint density at radius 2 is 1.85 bits per heavy atom. The van der Waals surface area contributed by atoms with E-state index in [-0.39, 0.29) is 18.1 Å². The van der Waals surface area contributed by atoms with Gasteiger partial charge in [0.15, 0.2) is 0 Å². The Morgan fingerprint density at radius 1 is 1.13 bits per heavy atom. The average Bonchev–Trinajstić information content (AvgIpc) is 2.89. The molecule has 2 N–H and O–H groups in total. The van der Waals surface area contributed by atoms with Gasteiger partial charge in [0, 0.05) is 17.7 Å². The van der Waals surface area contributed by atoms with Crippen LogP contribution < -0.4 is 0 Å². The third-order valence-corrected chi connectivity index (χ3v) is 8.07. The zero-order chi connectivity index (χ0) is 28.7. The highest BCUT2D eigenvalue weighted by atomic mass is 16.5. The van der Waals surface area contributed by atoms with Crippen LogP contribution in [0.5, 0.6) is 0 Å². The average molecular weight is 536 g/mol. The third kappa shape index (κ3) is 8.09. The van der Waals surface area contributed by atoms with E-state index in [1.54, 1.807) is 13.8 Å². The van der Waals surface area contributed by atoms with Gasteiger partial charge in [-0.2, -0.15) is 0 Å². The molecule has 3 rings (SSSR count). The van der Waals surface area contributed by atoms with Gasteiger partial charge in [-0.1, -0.05) is 68.3 Å². The van der Waals surface area contributed by atoms with Crippen LogP contribution in [0.4, 0.5) is 0 Å². The molecule has 0 saturated heterocycles. The van der Waals surface area contributed by atoms with Gasteiger partial charge in [-0.3, -0.25) is 9.59 Å². The number of ether oxygens (including phenoxy) is 1. The summed E-state index contributed by atoms with van der Waals surface area (Å²) in [6.07, 6.45) is 4.36. The number of rotatable bonds is 3. The maximum atomic E-state index is 13.8. The number of ketones is 1. The fourth-order valence-corrected chi connectivity index (χ4v) is 5.20. The zero-order valence-electron chi connectivity index (χ0n) is 24.3. The molecule has 0 spiro atoms. The second kappa shape index (κ2) is 13.5. The van der Waals surface area contributed by atoms with Crippen molar-refractivity contribution in [3.63, 3.8) is 0 Å². The van der Waals surface area contributed by atoms with Crippen LogP contribution in [0, 0.1) is 17.3 Å². The van der Waals surface area contributed by atoms with Crippen LogP contribution in [0.1, 0.15) is 91.9 Å². The molecule has 5 unspecified atom stereocenters. The Kier molecular flexibility index (Phi) is 10.6. The van der Waals surface area contributed by atoms with Gasteiger partial charge in [0.25, 0.3) is 0 Å². The molecule has 0 saturated carbocycles. The van der Waals surface area contributed by atoms with Crippen molar-refractivity contribution in [3.05, 3.63) is 65.4 Å². The first-order valence-corrected chi connectivity index (χ1v) is 14.1. The van der Waals surface area contributed by atoms with E-state index < -0.39 is 35.6 Å². The van der Waals surface area contributed by atoms with Crippen molar-refractivity contribution >= 4 is 22.7 Å². The van der Waals surface area contributed by atoms with E-state index in [0.717, 1.165) is 35.7 Å². The molecule has 212 valence electrons. The van der Waals surface area contributed by atoms with Crippen LogP contribution in [0.25, 0.3) is 10.9 Å². The fourth-order valence-electron chi connectivity index (χ4n) is 5.20. The lowest BCUT2D eigenvalue weighted by Gasteiger charge is -2.35. The van der Waals surface area contributed by atoms with E-state index in [1.165, 1.54) is 5.57 Å². The molecule has 5 atom stereocenters. The molecule has 2 aromatic rings. The summed E-state index contributed by atoms with van der Waals surface area (Å²) < 4.78 is 5.90. The van der Waals surface area contributed by atoms with Gasteiger partial charge in [-0.25, -0.2) is 4.98 Å². The van der Waals surface area contributed by atoms with Crippen LogP contribution in [-0.4, -0.2) is 39.2 Å². The van der Waals surface area contributed by atoms with Crippen molar-refractivity contribution in [1.82, 2.24) is 4.98 Å². The van der Waals surface area contributed by atoms with Gasteiger partial charge >= 0.3 is 5.97 Å². The zero-order valence-corrected chi connectivity index (χ0v) is 24.3. The van der Waals surface area contributed by atoms with Crippen molar-refractivity contribution in [3.8, 4) is 0 Å². The molecule has 6 nitrogen and oxygen atoms in total. The Balaban J connectivity index is 1.94. The number of nitrogens with zero attached hydrogens (tertiary/aromatic N) is 1. The summed E-state index contributed by atoms with van der Waals surface area (Å²) in [5.74, 6) is -1.58. The molecule has 0 aliphatic carbocycles. The Hall–Kier alpha value is -2.83. The lowest BCUT2D eigenvalue weighted by molar-refractivity contribution is -0.156. The van der Waals surface area contributed by atoms with Crippen LogP contribution in [0.15, 0.2) is 59.7 Å². The number of pyridine rings is 1. The van der Waals surface area contributed by atoms with Crippen LogP contribution in [-0.2, 0) is 14.3 Å². The largest absolute Gasteiger partial charge is 0.455 e. The third-order valence-electron chi connectivity index (χ3n) is 8.07. The number of hydrogen-bond acceptors (Lipinski definition) is 6. The van der Waals surface area contributed by atoms with Crippen molar-refractivity contribution in [1.29, 1.82) is 0 Å². The quantitative estimate of drug-likeness (QED) is 0.337. The minimum absolute atomic E-state index is 0.0855. The van der Waals surface area contributed by atoms with E-state index in [2.05, 4.69) is 13.0 Å². The molecule has 0 bridgehead atoms. The molecule has 0 amide bonds. The van der Waals surface area contributed by atoms with E-state index >= 15 is 0 Å². The summed E-state index contributed by atoms with van der Waals surface area (Å²) >= 11 is 0. The molecular weight excluding hydrogens is 490 g/mol. The summed E-state index contributed by atoms with van der Waals surface area (Å²) in [5.41, 5.74) is 2.45.